The van der Waals surface area contributed by atoms with Gasteiger partial charge in [-0.15, -0.1) is 0 Å². The predicted octanol–water partition coefficient (Wildman–Crippen LogP) is 6.11. The van der Waals surface area contributed by atoms with Crippen LogP contribution < -0.4 is 10.1 Å². The number of rotatable bonds is 9. The van der Waals surface area contributed by atoms with Gasteiger partial charge in [-0.25, -0.2) is 14.4 Å². The van der Waals surface area contributed by atoms with Crippen molar-refractivity contribution in [1.29, 1.82) is 0 Å². The Morgan fingerprint density at radius 1 is 1.06 bits per heavy atom. The topological polar surface area (TPSA) is 53.5 Å². The first-order valence-corrected chi connectivity index (χ1v) is 13.9. The fraction of sp³-hybridized carbons (Fsp3) is 0.481. The number of nitrogens with zero attached hydrogens (tertiary/aromatic N) is 4. The molecule has 4 rings (SSSR count). The summed E-state index contributed by atoms with van der Waals surface area (Å²) in [5.74, 6) is 1.41. The van der Waals surface area contributed by atoms with Crippen molar-refractivity contribution in [1.82, 2.24) is 19.8 Å². The maximum absolute atomic E-state index is 14.1. The van der Waals surface area contributed by atoms with Crippen LogP contribution in [0.3, 0.4) is 0 Å². The van der Waals surface area contributed by atoms with Gasteiger partial charge in [-0.05, 0) is 56.6 Å². The van der Waals surface area contributed by atoms with Gasteiger partial charge in [0.15, 0.2) is 0 Å². The summed E-state index contributed by atoms with van der Waals surface area (Å²) in [4.78, 5) is 14.1. The molecule has 3 aromatic rings. The number of hydrogen-bond acceptors (Lipinski definition) is 6. The molecule has 0 unspecified atom stereocenters. The van der Waals surface area contributed by atoms with Gasteiger partial charge in [0.25, 0.3) is 0 Å². The monoisotopic (exact) mass is 591 g/mol. The van der Waals surface area contributed by atoms with E-state index in [1.165, 1.54) is 11.6 Å². The standard InChI is InChI=1S/C27H35FIN5O/c1-5-27(6-2,34-12-10-33(4)11-13-34)22-15-21-24(16-25(22)35-7-3)30-18-31-26(21)32-20-8-9-23(28)19(14-20)17-29/h8-9,14-16,18H,5-7,10-13,17H2,1-4H3,(H,30,31,32). The third kappa shape index (κ3) is 5.24. The summed E-state index contributed by atoms with van der Waals surface area (Å²) >= 11 is 2.18. The summed E-state index contributed by atoms with van der Waals surface area (Å²) < 4.78 is 20.9. The van der Waals surface area contributed by atoms with Crippen LogP contribution in [-0.2, 0) is 9.97 Å². The lowest BCUT2D eigenvalue weighted by Gasteiger charge is -2.47. The van der Waals surface area contributed by atoms with E-state index in [4.69, 9.17) is 4.74 Å². The molecular formula is C27H35FIN5O. The van der Waals surface area contributed by atoms with E-state index in [1.54, 1.807) is 12.4 Å². The zero-order valence-electron chi connectivity index (χ0n) is 21.1. The number of nitrogens with one attached hydrogen (secondary N) is 1. The summed E-state index contributed by atoms with van der Waals surface area (Å²) in [6.45, 7) is 11.3. The Hall–Kier alpha value is -2.04. The first kappa shape index (κ1) is 26.0. The SMILES string of the molecule is CCOc1cc2ncnc(Nc3ccc(F)c(CI)c3)c2cc1C(CC)(CC)N1CCN(C)CC1. The Labute approximate surface area is 221 Å². The summed E-state index contributed by atoms with van der Waals surface area (Å²) in [7, 11) is 2.19. The second kappa shape index (κ2) is 11.3. The largest absolute Gasteiger partial charge is 0.493 e. The minimum atomic E-state index is -0.191. The molecule has 0 radical (unpaired) electrons. The lowest BCUT2D eigenvalue weighted by atomic mass is 9.81. The van der Waals surface area contributed by atoms with Crippen molar-refractivity contribution in [3.05, 3.63) is 53.6 Å². The highest BCUT2D eigenvalue weighted by molar-refractivity contribution is 14.1. The summed E-state index contributed by atoms with van der Waals surface area (Å²) in [5.41, 5.74) is 3.35. The molecule has 0 atom stereocenters. The Kier molecular flexibility index (Phi) is 8.44. The summed E-state index contributed by atoms with van der Waals surface area (Å²) in [6.07, 6.45) is 3.52. The highest BCUT2D eigenvalue weighted by Crippen LogP contribution is 2.43. The van der Waals surface area contributed by atoms with Crippen molar-refractivity contribution in [2.45, 2.75) is 43.6 Å². The highest BCUT2D eigenvalue weighted by Gasteiger charge is 2.39. The number of aromatic nitrogens is 2. The van der Waals surface area contributed by atoms with Crippen molar-refractivity contribution >= 4 is 45.0 Å². The van der Waals surface area contributed by atoms with Crippen LogP contribution in [0.25, 0.3) is 10.9 Å². The van der Waals surface area contributed by atoms with E-state index in [9.17, 15) is 4.39 Å². The fourth-order valence-electron chi connectivity index (χ4n) is 5.20. The van der Waals surface area contributed by atoms with E-state index in [1.807, 2.05) is 13.0 Å². The first-order chi connectivity index (χ1) is 16.9. The number of likely N-dealkylation sites (N-methyl/N-ethyl adjacent to an activating group) is 1. The second-order valence-corrected chi connectivity index (χ2v) is 9.88. The molecule has 188 valence electrons. The molecule has 2 heterocycles. The minimum Gasteiger partial charge on any atom is -0.493 e. The van der Waals surface area contributed by atoms with Crippen LogP contribution >= 0.6 is 22.6 Å². The number of fused-ring (bicyclic) bond motifs is 1. The van der Waals surface area contributed by atoms with Crippen LogP contribution in [0.2, 0.25) is 0 Å². The van der Waals surface area contributed by atoms with Crippen LogP contribution in [0.1, 0.15) is 44.7 Å². The van der Waals surface area contributed by atoms with Crippen LogP contribution in [0.4, 0.5) is 15.9 Å². The minimum absolute atomic E-state index is 0.142. The molecule has 1 aliphatic rings. The number of anilines is 2. The lowest BCUT2D eigenvalue weighted by Crippen LogP contribution is -2.54. The van der Waals surface area contributed by atoms with Gasteiger partial charge in [0.2, 0.25) is 0 Å². The van der Waals surface area contributed by atoms with Gasteiger partial charge in [-0.1, -0.05) is 36.4 Å². The van der Waals surface area contributed by atoms with Crippen LogP contribution in [0.15, 0.2) is 36.7 Å². The molecule has 0 aliphatic carbocycles. The average Bonchev–Trinajstić information content (AvgIpc) is 2.87. The summed E-state index contributed by atoms with van der Waals surface area (Å²) in [6, 6.07) is 9.37. The zero-order chi connectivity index (χ0) is 25.0. The molecule has 0 saturated carbocycles. The Morgan fingerprint density at radius 2 is 1.80 bits per heavy atom. The van der Waals surface area contributed by atoms with Crippen LogP contribution in [-0.4, -0.2) is 59.6 Å². The van der Waals surface area contributed by atoms with Gasteiger partial charge in [0, 0.05) is 58.8 Å². The summed E-state index contributed by atoms with van der Waals surface area (Å²) in [5, 5.41) is 4.35. The van der Waals surface area contributed by atoms with E-state index in [-0.39, 0.29) is 11.4 Å². The molecule has 1 saturated heterocycles. The maximum Gasteiger partial charge on any atom is 0.141 e. The second-order valence-electron chi connectivity index (χ2n) is 9.11. The molecule has 2 aromatic carbocycles. The van der Waals surface area contributed by atoms with Gasteiger partial charge in [-0.2, -0.15) is 0 Å². The normalized spacial score (nSPS) is 15.5. The van der Waals surface area contributed by atoms with Gasteiger partial charge >= 0.3 is 0 Å². The number of piperazine rings is 1. The van der Waals surface area contributed by atoms with Crippen molar-refractivity contribution in [3.8, 4) is 5.75 Å². The average molecular weight is 592 g/mol. The van der Waals surface area contributed by atoms with Crippen molar-refractivity contribution < 1.29 is 9.13 Å². The van der Waals surface area contributed by atoms with Gasteiger partial charge < -0.3 is 15.0 Å². The highest BCUT2D eigenvalue weighted by atomic mass is 127. The molecule has 0 amide bonds. The fourth-order valence-corrected chi connectivity index (χ4v) is 5.78. The van der Waals surface area contributed by atoms with E-state index in [2.05, 4.69) is 80.7 Å². The molecule has 1 N–H and O–H groups in total. The van der Waals surface area contributed by atoms with Gasteiger partial charge in [0.1, 0.15) is 23.7 Å². The Bertz CT molecular complexity index is 1160. The number of ether oxygens (including phenoxy) is 1. The first-order valence-electron chi connectivity index (χ1n) is 12.4. The number of benzene rings is 2. The molecule has 35 heavy (non-hydrogen) atoms. The Morgan fingerprint density at radius 3 is 2.46 bits per heavy atom. The smallest absolute Gasteiger partial charge is 0.141 e. The van der Waals surface area contributed by atoms with E-state index < -0.39 is 0 Å². The maximum atomic E-state index is 14.1. The van der Waals surface area contributed by atoms with Gasteiger partial charge in [0.05, 0.1) is 12.1 Å². The zero-order valence-corrected chi connectivity index (χ0v) is 23.2. The number of hydrogen-bond donors (Lipinski definition) is 1. The van der Waals surface area contributed by atoms with E-state index in [0.29, 0.717) is 22.4 Å². The third-order valence-electron chi connectivity index (χ3n) is 7.27. The Balaban J connectivity index is 1.84. The molecule has 6 nitrogen and oxygen atoms in total. The molecule has 1 aromatic heterocycles. The lowest BCUT2D eigenvalue weighted by molar-refractivity contribution is 0.0285. The number of alkyl halides is 1. The van der Waals surface area contributed by atoms with Crippen LogP contribution in [0.5, 0.6) is 5.75 Å². The van der Waals surface area contributed by atoms with Crippen molar-refractivity contribution in [2.24, 2.45) is 0 Å². The van der Waals surface area contributed by atoms with Crippen molar-refractivity contribution in [2.75, 3.05) is 45.2 Å². The van der Waals surface area contributed by atoms with E-state index >= 15 is 0 Å². The molecular weight excluding hydrogens is 556 g/mol. The predicted molar refractivity (Wildman–Crippen MR) is 149 cm³/mol. The molecule has 0 spiro atoms. The van der Waals surface area contributed by atoms with Crippen molar-refractivity contribution in [3.63, 3.8) is 0 Å². The molecule has 1 fully saturated rings. The van der Waals surface area contributed by atoms with Crippen LogP contribution in [0, 0.1) is 5.82 Å². The number of halogens is 2. The molecule has 8 heteroatoms. The molecule has 1 aliphatic heterocycles. The third-order valence-corrected chi connectivity index (χ3v) is 8.09. The quantitative estimate of drug-likeness (QED) is 0.240. The van der Waals surface area contributed by atoms with E-state index in [0.717, 1.165) is 61.4 Å². The molecule has 0 bridgehead atoms. The van der Waals surface area contributed by atoms with Gasteiger partial charge in [-0.3, -0.25) is 4.90 Å².